The van der Waals surface area contributed by atoms with E-state index in [4.69, 9.17) is 10.00 Å². The summed E-state index contributed by atoms with van der Waals surface area (Å²) in [5.74, 6) is 1.19. The van der Waals surface area contributed by atoms with Crippen molar-refractivity contribution in [3.05, 3.63) is 64.2 Å². The van der Waals surface area contributed by atoms with Crippen molar-refractivity contribution < 1.29 is 18.1 Å². The molecule has 1 saturated carbocycles. The second kappa shape index (κ2) is 9.47. The molecule has 0 aromatic heterocycles. The molecule has 2 aromatic rings. The molecule has 33 heavy (non-hydrogen) atoms. The number of rotatable bonds is 8. The number of nitriles is 1. The van der Waals surface area contributed by atoms with E-state index >= 15 is 0 Å². The number of piperidine rings is 1. The zero-order valence-electron chi connectivity index (χ0n) is 18.3. The minimum absolute atomic E-state index is 0.0771. The zero-order valence-corrected chi connectivity index (χ0v) is 19.1. The number of ether oxygens (including phenoxy) is 1. The number of non-ortho nitro benzene ring substituents is 1. The average Bonchev–Trinajstić information content (AvgIpc) is 3.08. The summed E-state index contributed by atoms with van der Waals surface area (Å²) in [6.07, 6.45) is 1.95. The minimum atomic E-state index is -3.74. The molecule has 2 aliphatic rings. The SMILES string of the molecule is CN(C1C2CCC1CN(CCOc1ccc(C#N)cc1)C2)S(=O)(=O)c1ccc([N+](=O)[O-])cc1. The molecule has 1 heterocycles. The van der Waals surface area contributed by atoms with E-state index in [1.54, 1.807) is 31.3 Å². The predicted molar refractivity (Wildman–Crippen MR) is 121 cm³/mol. The molecular formula is C23H26N4O5S. The van der Waals surface area contributed by atoms with Gasteiger partial charge in [-0.1, -0.05) is 0 Å². The van der Waals surface area contributed by atoms with Crippen molar-refractivity contribution in [2.45, 2.75) is 23.8 Å². The fourth-order valence-electron chi connectivity index (χ4n) is 5.05. The standard InChI is InChI=1S/C23H26N4O5S/c1-25(33(30,31)22-10-6-20(7-11-22)27(28)29)23-18-4-5-19(23)16-26(15-18)12-13-32-21-8-2-17(14-24)3-9-21/h2-3,6-11,18-19,23H,4-5,12-13,15-16H2,1H3. The van der Waals surface area contributed by atoms with Crippen molar-refractivity contribution in [2.24, 2.45) is 11.8 Å². The van der Waals surface area contributed by atoms with E-state index in [1.807, 2.05) is 0 Å². The lowest BCUT2D eigenvalue weighted by Crippen LogP contribution is -2.53. The normalized spacial score (nSPS) is 22.8. The van der Waals surface area contributed by atoms with E-state index in [2.05, 4.69) is 11.0 Å². The molecule has 2 unspecified atom stereocenters. The van der Waals surface area contributed by atoms with Crippen LogP contribution in [0.3, 0.4) is 0 Å². The first kappa shape index (κ1) is 23.2. The van der Waals surface area contributed by atoms with Crippen LogP contribution in [0.2, 0.25) is 0 Å². The van der Waals surface area contributed by atoms with Crippen LogP contribution >= 0.6 is 0 Å². The highest BCUT2D eigenvalue weighted by Crippen LogP contribution is 2.41. The van der Waals surface area contributed by atoms with E-state index in [0.29, 0.717) is 12.2 Å². The highest BCUT2D eigenvalue weighted by Gasteiger charge is 2.47. The molecule has 2 bridgehead atoms. The Kier molecular flexibility index (Phi) is 6.65. The summed E-state index contributed by atoms with van der Waals surface area (Å²) in [6.45, 7) is 2.88. The van der Waals surface area contributed by atoms with Gasteiger partial charge in [0.05, 0.1) is 21.5 Å². The summed E-state index contributed by atoms with van der Waals surface area (Å²) in [6, 6.07) is 14.1. The second-order valence-electron chi connectivity index (χ2n) is 8.60. The van der Waals surface area contributed by atoms with Gasteiger partial charge in [-0.25, -0.2) is 8.42 Å². The maximum atomic E-state index is 13.2. The molecule has 2 fully saturated rings. The lowest BCUT2D eigenvalue weighted by Gasteiger charge is -2.41. The van der Waals surface area contributed by atoms with Crippen LogP contribution in [0, 0.1) is 33.3 Å². The number of sulfonamides is 1. The third kappa shape index (κ3) is 4.85. The Hall–Kier alpha value is -3.00. The first-order valence-electron chi connectivity index (χ1n) is 10.9. The van der Waals surface area contributed by atoms with Gasteiger partial charge < -0.3 is 4.74 Å². The molecule has 0 amide bonds. The summed E-state index contributed by atoms with van der Waals surface area (Å²) in [4.78, 5) is 12.7. The van der Waals surface area contributed by atoms with Crippen molar-refractivity contribution in [1.82, 2.24) is 9.21 Å². The molecule has 174 valence electrons. The van der Waals surface area contributed by atoms with Gasteiger partial charge in [0.15, 0.2) is 0 Å². The Labute approximate surface area is 193 Å². The second-order valence-corrected chi connectivity index (χ2v) is 10.6. The van der Waals surface area contributed by atoms with Gasteiger partial charge >= 0.3 is 0 Å². The number of nitro benzene ring substituents is 1. The monoisotopic (exact) mass is 470 g/mol. The van der Waals surface area contributed by atoms with E-state index in [0.717, 1.165) is 38.2 Å². The topological polar surface area (TPSA) is 117 Å². The van der Waals surface area contributed by atoms with Crippen molar-refractivity contribution in [2.75, 3.05) is 33.3 Å². The molecule has 0 radical (unpaired) electrons. The largest absolute Gasteiger partial charge is 0.492 e. The summed E-state index contributed by atoms with van der Waals surface area (Å²) in [7, 11) is -2.12. The molecule has 0 spiro atoms. The van der Waals surface area contributed by atoms with E-state index in [-0.39, 0.29) is 28.5 Å². The van der Waals surface area contributed by atoms with Crippen molar-refractivity contribution in [3.8, 4) is 11.8 Å². The first-order valence-corrected chi connectivity index (χ1v) is 12.3. The third-order valence-electron chi connectivity index (χ3n) is 6.66. The molecule has 9 nitrogen and oxygen atoms in total. The summed E-state index contributed by atoms with van der Waals surface area (Å²) >= 11 is 0. The highest BCUT2D eigenvalue weighted by atomic mass is 32.2. The van der Waals surface area contributed by atoms with Gasteiger partial charge in [0.25, 0.3) is 5.69 Å². The maximum Gasteiger partial charge on any atom is 0.269 e. The van der Waals surface area contributed by atoms with Crippen LogP contribution in [-0.4, -0.2) is 61.9 Å². The summed E-state index contributed by atoms with van der Waals surface area (Å²) in [5, 5.41) is 19.7. The zero-order chi connectivity index (χ0) is 23.6. The average molecular weight is 471 g/mol. The number of hydrogen-bond donors (Lipinski definition) is 0. The molecule has 1 saturated heterocycles. The number of nitrogens with zero attached hydrogens (tertiary/aromatic N) is 4. The Bertz CT molecular complexity index is 1130. The quantitative estimate of drug-likeness (QED) is 0.430. The van der Waals surface area contributed by atoms with Gasteiger partial charge in [0.2, 0.25) is 10.0 Å². The van der Waals surface area contributed by atoms with Gasteiger partial charge in [0, 0.05) is 44.9 Å². The van der Waals surface area contributed by atoms with Crippen LogP contribution in [0.25, 0.3) is 0 Å². The molecule has 1 aliphatic carbocycles. The highest BCUT2D eigenvalue weighted by molar-refractivity contribution is 7.89. The number of benzene rings is 2. The maximum absolute atomic E-state index is 13.2. The molecule has 4 rings (SSSR count). The van der Waals surface area contributed by atoms with E-state index in [9.17, 15) is 18.5 Å². The van der Waals surface area contributed by atoms with Crippen LogP contribution < -0.4 is 4.74 Å². The van der Waals surface area contributed by atoms with Gasteiger partial charge in [-0.15, -0.1) is 0 Å². The van der Waals surface area contributed by atoms with Crippen LogP contribution in [-0.2, 0) is 10.0 Å². The summed E-state index contributed by atoms with van der Waals surface area (Å²) in [5.41, 5.74) is 0.460. The molecule has 1 aliphatic heterocycles. The van der Waals surface area contributed by atoms with Gasteiger partial charge in [0.1, 0.15) is 12.4 Å². The van der Waals surface area contributed by atoms with Crippen LogP contribution in [0.5, 0.6) is 5.75 Å². The number of nitro groups is 1. The van der Waals surface area contributed by atoms with Gasteiger partial charge in [-0.3, -0.25) is 15.0 Å². The fourth-order valence-corrected chi connectivity index (χ4v) is 6.53. The predicted octanol–water partition coefficient (Wildman–Crippen LogP) is 2.88. The third-order valence-corrected chi connectivity index (χ3v) is 8.53. The van der Waals surface area contributed by atoms with Crippen molar-refractivity contribution in [1.29, 1.82) is 5.26 Å². The van der Waals surface area contributed by atoms with E-state index in [1.165, 1.54) is 28.6 Å². The van der Waals surface area contributed by atoms with Crippen molar-refractivity contribution in [3.63, 3.8) is 0 Å². The minimum Gasteiger partial charge on any atom is -0.492 e. The first-order chi connectivity index (χ1) is 15.8. The molecule has 2 aromatic carbocycles. The van der Waals surface area contributed by atoms with Gasteiger partial charge in [-0.2, -0.15) is 9.57 Å². The molecule has 2 atom stereocenters. The Morgan fingerprint density at radius 2 is 1.73 bits per heavy atom. The summed E-state index contributed by atoms with van der Waals surface area (Å²) < 4.78 is 33.7. The Morgan fingerprint density at radius 3 is 2.27 bits per heavy atom. The molecular weight excluding hydrogens is 444 g/mol. The van der Waals surface area contributed by atoms with Crippen LogP contribution in [0.1, 0.15) is 18.4 Å². The fraction of sp³-hybridized carbons (Fsp3) is 0.435. The number of fused-ring (bicyclic) bond motifs is 2. The smallest absolute Gasteiger partial charge is 0.269 e. The Balaban J connectivity index is 1.36. The number of hydrogen-bond acceptors (Lipinski definition) is 7. The van der Waals surface area contributed by atoms with Gasteiger partial charge in [-0.05, 0) is 61.1 Å². The Morgan fingerprint density at radius 1 is 1.12 bits per heavy atom. The lowest BCUT2D eigenvalue weighted by atomic mass is 9.92. The number of likely N-dealkylation sites (tertiary alicyclic amines) is 1. The lowest BCUT2D eigenvalue weighted by molar-refractivity contribution is -0.384. The van der Waals surface area contributed by atoms with E-state index < -0.39 is 14.9 Å². The molecule has 10 heteroatoms. The van der Waals surface area contributed by atoms with Crippen LogP contribution in [0.15, 0.2) is 53.4 Å². The van der Waals surface area contributed by atoms with Crippen LogP contribution in [0.4, 0.5) is 5.69 Å². The van der Waals surface area contributed by atoms with Crippen molar-refractivity contribution >= 4 is 15.7 Å². The molecule has 0 N–H and O–H groups in total.